The molecule has 1 aliphatic rings. The van der Waals surface area contributed by atoms with E-state index in [1.165, 1.54) is 18.4 Å². The Morgan fingerprint density at radius 1 is 1.30 bits per heavy atom. The minimum absolute atomic E-state index is 0.389. The molecule has 1 saturated heterocycles. The lowest BCUT2D eigenvalue weighted by Crippen LogP contribution is -2.37. The van der Waals surface area contributed by atoms with Crippen LogP contribution in [0.25, 0.3) is 0 Å². The van der Waals surface area contributed by atoms with Crippen LogP contribution < -0.4 is 16.0 Å². The Morgan fingerprint density at radius 3 is 2.60 bits per heavy atom. The van der Waals surface area contributed by atoms with Crippen LogP contribution in [0.5, 0.6) is 5.75 Å². The molecule has 112 valence electrons. The van der Waals surface area contributed by atoms with Gasteiger partial charge in [-0.1, -0.05) is 12.1 Å². The molecule has 1 fully saturated rings. The second-order valence-corrected chi connectivity index (χ2v) is 5.54. The van der Waals surface area contributed by atoms with Gasteiger partial charge in [0, 0.05) is 19.3 Å². The number of aryl methyl sites for hydroxylation is 1. The zero-order chi connectivity index (χ0) is 14.2. The van der Waals surface area contributed by atoms with Crippen molar-refractivity contribution < 1.29 is 9.47 Å². The van der Waals surface area contributed by atoms with Gasteiger partial charge in [0.2, 0.25) is 0 Å². The van der Waals surface area contributed by atoms with Crippen molar-refractivity contribution in [2.24, 2.45) is 11.8 Å². The van der Waals surface area contributed by atoms with Gasteiger partial charge >= 0.3 is 0 Å². The Morgan fingerprint density at radius 2 is 2.00 bits per heavy atom. The Balaban J connectivity index is 1.77. The number of methoxy groups -OCH3 is 1. The van der Waals surface area contributed by atoms with Gasteiger partial charge in [-0.05, 0) is 55.7 Å². The van der Waals surface area contributed by atoms with E-state index in [0.29, 0.717) is 6.04 Å². The third-order valence-corrected chi connectivity index (χ3v) is 4.13. The molecule has 0 amide bonds. The molecular weight excluding hydrogens is 252 g/mol. The summed E-state index contributed by atoms with van der Waals surface area (Å²) in [6, 6.07) is 8.67. The van der Waals surface area contributed by atoms with Crippen LogP contribution in [-0.4, -0.2) is 26.4 Å². The molecule has 1 aromatic rings. The Bertz CT molecular complexity index is 375. The highest BCUT2D eigenvalue weighted by molar-refractivity contribution is 5.27. The summed E-state index contributed by atoms with van der Waals surface area (Å²) in [5.41, 5.74) is 4.31. The number of benzene rings is 1. The summed E-state index contributed by atoms with van der Waals surface area (Å²) in [6.45, 7) is 1.81. The highest BCUT2D eigenvalue weighted by Crippen LogP contribution is 2.22. The van der Waals surface area contributed by atoms with Crippen LogP contribution in [-0.2, 0) is 11.2 Å². The Hall–Kier alpha value is -1.10. The van der Waals surface area contributed by atoms with Gasteiger partial charge in [0.15, 0.2) is 0 Å². The SMILES string of the molecule is COc1ccc(CCC(CC2CCOCC2)NN)cc1. The number of ether oxygens (including phenoxy) is 2. The number of hydrazine groups is 1. The molecular formula is C16H26N2O2. The third-order valence-electron chi connectivity index (χ3n) is 4.13. The van der Waals surface area contributed by atoms with Crippen molar-refractivity contribution in [3.05, 3.63) is 29.8 Å². The summed E-state index contributed by atoms with van der Waals surface area (Å²) >= 11 is 0. The Labute approximate surface area is 121 Å². The monoisotopic (exact) mass is 278 g/mol. The van der Waals surface area contributed by atoms with Crippen LogP contribution in [0, 0.1) is 5.92 Å². The molecule has 2 rings (SSSR count). The summed E-state index contributed by atoms with van der Waals surface area (Å²) in [5, 5.41) is 0. The van der Waals surface area contributed by atoms with Crippen molar-refractivity contribution in [3.63, 3.8) is 0 Å². The van der Waals surface area contributed by atoms with Crippen molar-refractivity contribution in [1.29, 1.82) is 0 Å². The van der Waals surface area contributed by atoms with Crippen molar-refractivity contribution >= 4 is 0 Å². The average molecular weight is 278 g/mol. The van der Waals surface area contributed by atoms with Gasteiger partial charge in [-0.25, -0.2) is 0 Å². The number of rotatable bonds is 7. The predicted octanol–water partition coefficient (Wildman–Crippen LogP) is 2.28. The zero-order valence-electron chi connectivity index (χ0n) is 12.3. The molecule has 1 aromatic carbocycles. The molecule has 1 aliphatic heterocycles. The molecule has 0 spiro atoms. The van der Waals surface area contributed by atoms with Crippen molar-refractivity contribution in [2.75, 3.05) is 20.3 Å². The van der Waals surface area contributed by atoms with Gasteiger partial charge in [0.05, 0.1) is 7.11 Å². The normalized spacial score (nSPS) is 17.9. The zero-order valence-corrected chi connectivity index (χ0v) is 12.3. The molecule has 1 atom stereocenters. The van der Waals surface area contributed by atoms with Gasteiger partial charge in [-0.3, -0.25) is 11.3 Å². The van der Waals surface area contributed by atoms with Crippen LogP contribution in [0.15, 0.2) is 24.3 Å². The number of nitrogens with two attached hydrogens (primary N) is 1. The second-order valence-electron chi connectivity index (χ2n) is 5.54. The summed E-state index contributed by atoms with van der Waals surface area (Å²) in [5.74, 6) is 7.36. The van der Waals surface area contributed by atoms with E-state index < -0.39 is 0 Å². The molecule has 4 nitrogen and oxygen atoms in total. The van der Waals surface area contributed by atoms with E-state index in [1.807, 2.05) is 12.1 Å². The maximum absolute atomic E-state index is 5.70. The Kier molecular flexibility index (Phi) is 6.30. The molecule has 1 heterocycles. The van der Waals surface area contributed by atoms with E-state index in [-0.39, 0.29) is 0 Å². The molecule has 0 aromatic heterocycles. The van der Waals surface area contributed by atoms with E-state index in [2.05, 4.69) is 17.6 Å². The molecule has 0 radical (unpaired) electrons. The minimum atomic E-state index is 0.389. The maximum Gasteiger partial charge on any atom is 0.118 e. The molecule has 0 saturated carbocycles. The van der Waals surface area contributed by atoms with Crippen LogP contribution in [0.4, 0.5) is 0 Å². The fraction of sp³-hybridized carbons (Fsp3) is 0.625. The van der Waals surface area contributed by atoms with Crippen LogP contribution in [0.2, 0.25) is 0 Å². The molecule has 3 N–H and O–H groups in total. The lowest BCUT2D eigenvalue weighted by molar-refractivity contribution is 0.0602. The molecule has 20 heavy (non-hydrogen) atoms. The van der Waals surface area contributed by atoms with E-state index in [9.17, 15) is 0 Å². The first-order chi connectivity index (χ1) is 9.81. The standard InChI is InChI=1S/C16H26N2O2/c1-19-16-6-3-13(4-7-16)2-5-15(18-17)12-14-8-10-20-11-9-14/h3-4,6-7,14-15,18H,2,5,8-12,17H2,1H3. The van der Waals surface area contributed by atoms with Crippen LogP contribution >= 0.6 is 0 Å². The number of nitrogens with one attached hydrogen (secondary N) is 1. The van der Waals surface area contributed by atoms with E-state index in [1.54, 1.807) is 7.11 Å². The lowest BCUT2D eigenvalue weighted by atomic mass is 9.90. The fourth-order valence-electron chi connectivity index (χ4n) is 2.79. The van der Waals surface area contributed by atoms with Crippen LogP contribution in [0.3, 0.4) is 0 Å². The average Bonchev–Trinajstić information content (AvgIpc) is 2.53. The quantitative estimate of drug-likeness (QED) is 0.593. The molecule has 0 bridgehead atoms. The van der Waals surface area contributed by atoms with Gasteiger partial charge in [0.25, 0.3) is 0 Å². The molecule has 1 unspecified atom stereocenters. The van der Waals surface area contributed by atoms with E-state index in [0.717, 1.165) is 44.1 Å². The molecule has 4 heteroatoms. The van der Waals surface area contributed by atoms with Gasteiger partial charge in [-0.15, -0.1) is 0 Å². The largest absolute Gasteiger partial charge is 0.497 e. The first-order valence-electron chi connectivity index (χ1n) is 7.48. The van der Waals surface area contributed by atoms with E-state index >= 15 is 0 Å². The van der Waals surface area contributed by atoms with Gasteiger partial charge < -0.3 is 9.47 Å². The van der Waals surface area contributed by atoms with Crippen molar-refractivity contribution in [3.8, 4) is 5.75 Å². The molecule has 0 aliphatic carbocycles. The first kappa shape index (κ1) is 15.3. The first-order valence-corrected chi connectivity index (χ1v) is 7.48. The highest BCUT2D eigenvalue weighted by atomic mass is 16.5. The highest BCUT2D eigenvalue weighted by Gasteiger charge is 2.18. The number of hydrogen-bond donors (Lipinski definition) is 2. The van der Waals surface area contributed by atoms with Crippen LogP contribution in [0.1, 0.15) is 31.2 Å². The van der Waals surface area contributed by atoms with Crippen molar-refractivity contribution in [1.82, 2.24) is 5.43 Å². The third kappa shape index (κ3) is 4.78. The predicted molar refractivity (Wildman–Crippen MR) is 80.6 cm³/mol. The fourth-order valence-corrected chi connectivity index (χ4v) is 2.79. The van der Waals surface area contributed by atoms with Gasteiger partial charge in [-0.2, -0.15) is 0 Å². The summed E-state index contributed by atoms with van der Waals surface area (Å²) in [4.78, 5) is 0. The minimum Gasteiger partial charge on any atom is -0.497 e. The van der Waals surface area contributed by atoms with E-state index in [4.69, 9.17) is 15.3 Å². The maximum atomic E-state index is 5.70. The summed E-state index contributed by atoms with van der Waals surface area (Å²) in [6.07, 6.45) is 5.60. The van der Waals surface area contributed by atoms with Gasteiger partial charge in [0.1, 0.15) is 5.75 Å². The summed E-state index contributed by atoms with van der Waals surface area (Å²) < 4.78 is 10.6. The smallest absolute Gasteiger partial charge is 0.118 e. The second kappa shape index (κ2) is 8.25. The van der Waals surface area contributed by atoms with Crippen molar-refractivity contribution in [2.45, 2.75) is 38.1 Å². The summed E-state index contributed by atoms with van der Waals surface area (Å²) in [7, 11) is 1.69. The topological polar surface area (TPSA) is 56.5 Å². The lowest BCUT2D eigenvalue weighted by Gasteiger charge is -2.26. The number of hydrogen-bond acceptors (Lipinski definition) is 4.